The first-order chi connectivity index (χ1) is 17.0. The minimum atomic E-state index is 0.140. The second kappa shape index (κ2) is 10.9. The van der Waals surface area contributed by atoms with E-state index in [-0.39, 0.29) is 5.91 Å². The van der Waals surface area contributed by atoms with Crippen LogP contribution in [0.25, 0.3) is 10.9 Å². The zero-order valence-corrected chi connectivity index (χ0v) is 21.8. The van der Waals surface area contributed by atoms with Gasteiger partial charge in [0.05, 0.1) is 15.6 Å². The van der Waals surface area contributed by atoms with E-state index in [4.69, 9.17) is 23.2 Å². The number of rotatable bonds is 5. The van der Waals surface area contributed by atoms with Crippen molar-refractivity contribution in [3.8, 4) is 0 Å². The Morgan fingerprint density at radius 3 is 2.57 bits per heavy atom. The first-order valence-electron chi connectivity index (χ1n) is 12.8. The van der Waals surface area contributed by atoms with Crippen LogP contribution in [-0.2, 0) is 6.42 Å². The Labute approximate surface area is 218 Å². The van der Waals surface area contributed by atoms with E-state index in [1.165, 1.54) is 18.4 Å². The van der Waals surface area contributed by atoms with Crippen LogP contribution in [-0.4, -0.2) is 52.9 Å². The van der Waals surface area contributed by atoms with Gasteiger partial charge in [0.2, 0.25) is 0 Å². The Morgan fingerprint density at radius 1 is 0.971 bits per heavy atom. The number of benzene rings is 2. The summed E-state index contributed by atoms with van der Waals surface area (Å²) in [7, 11) is 0. The van der Waals surface area contributed by atoms with Crippen molar-refractivity contribution in [1.29, 1.82) is 0 Å². The van der Waals surface area contributed by atoms with Crippen LogP contribution >= 0.6 is 23.2 Å². The summed E-state index contributed by atoms with van der Waals surface area (Å²) >= 11 is 12.4. The molecule has 0 aliphatic carbocycles. The normalized spacial score (nSPS) is 22.0. The molecule has 6 heteroatoms. The molecule has 2 aliphatic rings. The minimum absolute atomic E-state index is 0.140. The fourth-order valence-corrected chi connectivity index (χ4v) is 6.29. The number of piperidine rings is 2. The molecular formula is C29H33Cl2N3O. The lowest BCUT2D eigenvalue weighted by Crippen LogP contribution is -2.51. The molecule has 35 heavy (non-hydrogen) atoms. The van der Waals surface area contributed by atoms with Gasteiger partial charge >= 0.3 is 0 Å². The van der Waals surface area contributed by atoms with Gasteiger partial charge in [0, 0.05) is 42.8 Å². The van der Waals surface area contributed by atoms with Crippen molar-refractivity contribution in [2.75, 3.05) is 26.2 Å². The van der Waals surface area contributed by atoms with Gasteiger partial charge in [-0.2, -0.15) is 0 Å². The molecule has 2 saturated heterocycles. The molecule has 2 aromatic carbocycles. The smallest absolute Gasteiger partial charge is 0.253 e. The minimum Gasteiger partial charge on any atom is -0.339 e. The second-order valence-electron chi connectivity index (χ2n) is 10.1. The third kappa shape index (κ3) is 5.50. The number of halogens is 2. The number of fused-ring (bicyclic) bond motifs is 1. The van der Waals surface area contributed by atoms with Crippen molar-refractivity contribution in [2.24, 2.45) is 11.8 Å². The molecule has 184 valence electrons. The number of amides is 1. The Kier molecular flexibility index (Phi) is 7.62. The summed E-state index contributed by atoms with van der Waals surface area (Å²) in [6.07, 6.45) is 7.36. The standard InChI is InChI=1S/C29H33Cl2N3O/c1-2-21-19-34(13-9-22(21)16-20-5-7-26(30)27(31)17-20)25-10-14-33(15-11-25)29(35)24-6-8-28-23(18-24)4-3-12-32-28/h3-8,12,17-18,21-22,25H,2,9-11,13-16,19H2,1H3/t21?,22-/m1/s1. The number of nitrogens with zero attached hydrogens (tertiary/aromatic N) is 3. The molecule has 0 bridgehead atoms. The molecule has 4 nitrogen and oxygen atoms in total. The summed E-state index contributed by atoms with van der Waals surface area (Å²) in [6.45, 7) is 6.26. The topological polar surface area (TPSA) is 36.4 Å². The highest BCUT2D eigenvalue weighted by Crippen LogP contribution is 2.33. The zero-order chi connectivity index (χ0) is 24.4. The maximum absolute atomic E-state index is 13.2. The fraction of sp³-hybridized carbons (Fsp3) is 0.448. The van der Waals surface area contributed by atoms with Crippen molar-refractivity contribution in [3.05, 3.63) is 75.9 Å². The average molecular weight is 511 g/mol. The van der Waals surface area contributed by atoms with Gasteiger partial charge in [0.25, 0.3) is 5.91 Å². The molecule has 0 spiro atoms. The lowest BCUT2D eigenvalue weighted by molar-refractivity contribution is 0.0395. The number of hydrogen-bond acceptors (Lipinski definition) is 3. The van der Waals surface area contributed by atoms with Crippen molar-refractivity contribution in [1.82, 2.24) is 14.8 Å². The first-order valence-corrected chi connectivity index (χ1v) is 13.6. The predicted molar refractivity (Wildman–Crippen MR) is 144 cm³/mol. The highest BCUT2D eigenvalue weighted by Gasteiger charge is 2.34. The highest BCUT2D eigenvalue weighted by atomic mass is 35.5. The van der Waals surface area contributed by atoms with Crippen molar-refractivity contribution in [3.63, 3.8) is 0 Å². The van der Waals surface area contributed by atoms with E-state index in [0.717, 1.165) is 61.9 Å². The molecule has 0 radical (unpaired) electrons. The third-order valence-corrected chi connectivity index (χ3v) is 8.79. The number of aromatic nitrogens is 1. The van der Waals surface area contributed by atoms with E-state index in [2.05, 4.69) is 22.9 Å². The van der Waals surface area contributed by atoms with Crippen molar-refractivity contribution in [2.45, 2.75) is 45.1 Å². The Bertz CT molecular complexity index is 1190. The number of carbonyl (C=O) groups is 1. The predicted octanol–water partition coefficient (Wildman–Crippen LogP) is 6.74. The van der Waals surface area contributed by atoms with Crippen LogP contribution in [0, 0.1) is 11.8 Å². The monoisotopic (exact) mass is 509 g/mol. The molecule has 2 atom stereocenters. The molecule has 3 aromatic rings. The Balaban J connectivity index is 1.16. The van der Waals surface area contributed by atoms with Gasteiger partial charge in [-0.25, -0.2) is 0 Å². The highest BCUT2D eigenvalue weighted by molar-refractivity contribution is 6.42. The maximum atomic E-state index is 13.2. The van der Waals surface area contributed by atoms with Gasteiger partial charge in [0.15, 0.2) is 0 Å². The summed E-state index contributed by atoms with van der Waals surface area (Å²) in [6, 6.07) is 16.4. The molecule has 0 saturated carbocycles. The van der Waals surface area contributed by atoms with Gasteiger partial charge in [-0.3, -0.25) is 14.7 Å². The van der Waals surface area contributed by atoms with Crippen LogP contribution in [0.15, 0.2) is 54.7 Å². The number of carbonyl (C=O) groups excluding carboxylic acids is 1. The number of likely N-dealkylation sites (tertiary alicyclic amines) is 2. The summed E-state index contributed by atoms with van der Waals surface area (Å²) in [5.41, 5.74) is 2.97. The molecule has 5 rings (SSSR count). The molecule has 1 aromatic heterocycles. The summed E-state index contributed by atoms with van der Waals surface area (Å²) < 4.78 is 0. The van der Waals surface area contributed by atoms with Crippen LogP contribution in [0.2, 0.25) is 10.0 Å². The fourth-order valence-electron chi connectivity index (χ4n) is 5.97. The van der Waals surface area contributed by atoms with Crippen LogP contribution in [0.5, 0.6) is 0 Å². The van der Waals surface area contributed by atoms with E-state index >= 15 is 0 Å². The Morgan fingerprint density at radius 2 is 1.80 bits per heavy atom. The molecule has 1 amide bonds. The van der Waals surface area contributed by atoms with Gasteiger partial charge in [-0.15, -0.1) is 0 Å². The van der Waals surface area contributed by atoms with Gasteiger partial charge in [-0.1, -0.05) is 48.7 Å². The second-order valence-corrected chi connectivity index (χ2v) is 10.9. The number of pyridine rings is 1. The van der Waals surface area contributed by atoms with E-state index < -0.39 is 0 Å². The molecular weight excluding hydrogens is 477 g/mol. The maximum Gasteiger partial charge on any atom is 0.253 e. The molecule has 1 unspecified atom stereocenters. The van der Waals surface area contributed by atoms with Crippen LogP contribution in [0.1, 0.15) is 48.5 Å². The summed E-state index contributed by atoms with van der Waals surface area (Å²) in [5.74, 6) is 1.50. The average Bonchev–Trinajstić information content (AvgIpc) is 2.90. The molecule has 2 aliphatic heterocycles. The SMILES string of the molecule is CCC1CN(C2CCN(C(=O)c3ccc4ncccc4c3)CC2)CC[C@@H]1Cc1ccc(Cl)c(Cl)c1. The van der Waals surface area contributed by atoms with Crippen molar-refractivity contribution < 1.29 is 4.79 Å². The quantitative estimate of drug-likeness (QED) is 0.382. The van der Waals surface area contributed by atoms with Crippen LogP contribution in [0.3, 0.4) is 0 Å². The zero-order valence-electron chi connectivity index (χ0n) is 20.3. The third-order valence-electron chi connectivity index (χ3n) is 8.05. The van der Waals surface area contributed by atoms with E-state index in [1.807, 2.05) is 47.4 Å². The largest absolute Gasteiger partial charge is 0.339 e. The van der Waals surface area contributed by atoms with Gasteiger partial charge < -0.3 is 4.90 Å². The van der Waals surface area contributed by atoms with E-state index in [9.17, 15) is 4.79 Å². The molecule has 0 N–H and O–H groups in total. The first kappa shape index (κ1) is 24.5. The summed E-state index contributed by atoms with van der Waals surface area (Å²) in [5, 5.41) is 2.29. The Hall–Kier alpha value is -2.14. The summed E-state index contributed by atoms with van der Waals surface area (Å²) in [4.78, 5) is 22.3. The van der Waals surface area contributed by atoms with Crippen molar-refractivity contribution >= 4 is 40.0 Å². The lowest BCUT2D eigenvalue weighted by atomic mass is 9.79. The van der Waals surface area contributed by atoms with E-state index in [1.54, 1.807) is 6.20 Å². The van der Waals surface area contributed by atoms with Crippen LogP contribution in [0.4, 0.5) is 0 Å². The van der Waals surface area contributed by atoms with Gasteiger partial charge in [0.1, 0.15) is 0 Å². The number of hydrogen-bond donors (Lipinski definition) is 0. The van der Waals surface area contributed by atoms with Crippen LogP contribution < -0.4 is 0 Å². The van der Waals surface area contributed by atoms with Gasteiger partial charge in [-0.05, 0) is 86.0 Å². The molecule has 2 fully saturated rings. The van der Waals surface area contributed by atoms with E-state index in [0.29, 0.717) is 27.9 Å². The lowest BCUT2D eigenvalue weighted by Gasteiger charge is -2.45. The molecule has 3 heterocycles.